The van der Waals surface area contributed by atoms with Crippen LogP contribution in [0.1, 0.15) is 19.3 Å². The van der Waals surface area contributed by atoms with E-state index < -0.39 is 5.60 Å². The Morgan fingerprint density at radius 2 is 1.81 bits per heavy atom. The highest BCUT2D eigenvalue weighted by Crippen LogP contribution is 2.25. The van der Waals surface area contributed by atoms with Gasteiger partial charge in [0.25, 0.3) is 0 Å². The zero-order valence-electron chi connectivity index (χ0n) is 15.9. The van der Waals surface area contributed by atoms with Gasteiger partial charge in [0, 0.05) is 51.5 Å². The van der Waals surface area contributed by atoms with E-state index in [1.54, 1.807) is 7.05 Å². The maximum absolute atomic E-state index is 12.1. The SMILES string of the molecule is CNCC(=O)N1CCCC(O)(CN2CCN(c3ccccc3)CC2)CC1. The molecule has 1 aromatic rings. The van der Waals surface area contributed by atoms with Gasteiger partial charge in [0.1, 0.15) is 0 Å². The molecule has 0 spiro atoms. The number of likely N-dealkylation sites (N-methyl/N-ethyl adjacent to an activating group) is 1. The number of nitrogens with zero attached hydrogens (tertiary/aromatic N) is 3. The Labute approximate surface area is 156 Å². The largest absolute Gasteiger partial charge is 0.388 e. The van der Waals surface area contributed by atoms with Crippen LogP contribution in [0, 0.1) is 0 Å². The van der Waals surface area contributed by atoms with Crippen LogP contribution in [0.15, 0.2) is 30.3 Å². The number of piperazine rings is 1. The number of carbonyl (C=O) groups excluding carboxylic acids is 1. The van der Waals surface area contributed by atoms with Crippen molar-refractivity contribution in [2.75, 3.05) is 64.3 Å². The Hall–Kier alpha value is -1.63. The number of benzene rings is 1. The van der Waals surface area contributed by atoms with E-state index in [0.717, 1.165) is 45.6 Å². The van der Waals surface area contributed by atoms with E-state index >= 15 is 0 Å². The van der Waals surface area contributed by atoms with E-state index in [1.807, 2.05) is 11.0 Å². The van der Waals surface area contributed by atoms with Crippen molar-refractivity contribution in [2.45, 2.75) is 24.9 Å². The summed E-state index contributed by atoms with van der Waals surface area (Å²) in [4.78, 5) is 18.8. The van der Waals surface area contributed by atoms with Crippen LogP contribution in [-0.2, 0) is 4.79 Å². The van der Waals surface area contributed by atoms with Gasteiger partial charge in [-0.25, -0.2) is 0 Å². The molecule has 2 aliphatic rings. The number of aliphatic hydroxyl groups is 1. The number of hydrogen-bond donors (Lipinski definition) is 2. The number of rotatable bonds is 5. The number of amides is 1. The van der Waals surface area contributed by atoms with Crippen LogP contribution in [0.25, 0.3) is 0 Å². The summed E-state index contributed by atoms with van der Waals surface area (Å²) >= 11 is 0. The Bertz CT molecular complexity index is 574. The minimum atomic E-state index is -0.677. The molecule has 0 saturated carbocycles. The summed E-state index contributed by atoms with van der Waals surface area (Å²) in [5.41, 5.74) is 0.600. The minimum Gasteiger partial charge on any atom is -0.388 e. The lowest BCUT2D eigenvalue weighted by molar-refractivity contribution is -0.130. The van der Waals surface area contributed by atoms with Crippen LogP contribution in [0.3, 0.4) is 0 Å². The average Bonchev–Trinajstić information content (AvgIpc) is 2.85. The summed E-state index contributed by atoms with van der Waals surface area (Å²) in [5.74, 6) is 0.133. The van der Waals surface area contributed by atoms with Crippen molar-refractivity contribution >= 4 is 11.6 Å². The van der Waals surface area contributed by atoms with E-state index in [4.69, 9.17) is 0 Å². The molecule has 1 atom stereocenters. The maximum Gasteiger partial charge on any atom is 0.236 e. The molecule has 1 aromatic carbocycles. The number of hydrogen-bond acceptors (Lipinski definition) is 5. The van der Waals surface area contributed by atoms with Crippen molar-refractivity contribution in [3.05, 3.63) is 30.3 Å². The molecule has 2 saturated heterocycles. The van der Waals surface area contributed by atoms with Gasteiger partial charge in [-0.2, -0.15) is 0 Å². The zero-order chi connectivity index (χ0) is 18.4. The normalized spacial score (nSPS) is 25.2. The molecule has 0 aromatic heterocycles. The fourth-order valence-corrected chi connectivity index (χ4v) is 4.07. The predicted molar refractivity (Wildman–Crippen MR) is 104 cm³/mol. The van der Waals surface area contributed by atoms with Crippen LogP contribution >= 0.6 is 0 Å². The summed E-state index contributed by atoms with van der Waals surface area (Å²) < 4.78 is 0. The second kappa shape index (κ2) is 8.84. The predicted octanol–water partition coefficient (Wildman–Crippen LogP) is 0.772. The fraction of sp³-hybridized carbons (Fsp3) is 0.650. The lowest BCUT2D eigenvalue weighted by Crippen LogP contribution is -2.52. The Morgan fingerprint density at radius 1 is 1.08 bits per heavy atom. The van der Waals surface area contributed by atoms with E-state index in [-0.39, 0.29) is 5.91 Å². The van der Waals surface area contributed by atoms with Gasteiger partial charge in [-0.05, 0) is 38.4 Å². The molecule has 0 bridgehead atoms. The first-order valence-electron chi connectivity index (χ1n) is 9.77. The molecule has 2 heterocycles. The van der Waals surface area contributed by atoms with Gasteiger partial charge in [-0.15, -0.1) is 0 Å². The van der Waals surface area contributed by atoms with Gasteiger partial charge in [0.15, 0.2) is 0 Å². The van der Waals surface area contributed by atoms with Gasteiger partial charge in [0.2, 0.25) is 5.91 Å². The van der Waals surface area contributed by atoms with Crippen LogP contribution in [0.2, 0.25) is 0 Å². The molecule has 26 heavy (non-hydrogen) atoms. The van der Waals surface area contributed by atoms with Crippen LogP contribution in [0.5, 0.6) is 0 Å². The molecular formula is C20H32N4O2. The molecule has 6 nitrogen and oxygen atoms in total. The number of β-amino-alcohol motifs (C(OH)–C–C–N with tert-alkyl or cyclic N) is 1. The Kier molecular flexibility index (Phi) is 6.51. The molecular weight excluding hydrogens is 328 g/mol. The highest BCUT2D eigenvalue weighted by molar-refractivity contribution is 5.78. The first-order chi connectivity index (χ1) is 12.6. The zero-order valence-corrected chi connectivity index (χ0v) is 15.9. The van der Waals surface area contributed by atoms with Crippen LogP contribution in [0.4, 0.5) is 5.69 Å². The molecule has 1 unspecified atom stereocenters. The highest BCUT2D eigenvalue weighted by atomic mass is 16.3. The number of nitrogens with one attached hydrogen (secondary N) is 1. The molecule has 0 radical (unpaired) electrons. The van der Waals surface area contributed by atoms with Crippen molar-refractivity contribution in [1.29, 1.82) is 0 Å². The fourth-order valence-electron chi connectivity index (χ4n) is 4.07. The molecule has 3 rings (SSSR count). The highest BCUT2D eigenvalue weighted by Gasteiger charge is 2.34. The second-order valence-corrected chi connectivity index (χ2v) is 7.59. The third-order valence-corrected chi connectivity index (χ3v) is 5.61. The Balaban J connectivity index is 1.49. The third-order valence-electron chi connectivity index (χ3n) is 5.61. The molecule has 2 N–H and O–H groups in total. The minimum absolute atomic E-state index is 0.133. The lowest BCUT2D eigenvalue weighted by Gasteiger charge is -2.40. The monoisotopic (exact) mass is 360 g/mol. The first kappa shape index (κ1) is 19.1. The number of para-hydroxylation sites is 1. The summed E-state index contributed by atoms with van der Waals surface area (Å²) in [6.45, 7) is 6.42. The molecule has 0 aliphatic carbocycles. The van der Waals surface area contributed by atoms with Crippen LogP contribution < -0.4 is 10.2 Å². The van der Waals surface area contributed by atoms with E-state index in [1.165, 1.54) is 5.69 Å². The average molecular weight is 361 g/mol. The third kappa shape index (κ3) is 4.96. The lowest BCUT2D eigenvalue weighted by atomic mass is 9.94. The number of carbonyl (C=O) groups is 1. The quantitative estimate of drug-likeness (QED) is 0.812. The van der Waals surface area contributed by atoms with Crippen molar-refractivity contribution < 1.29 is 9.90 Å². The van der Waals surface area contributed by atoms with Crippen LogP contribution in [-0.4, -0.2) is 85.8 Å². The topological polar surface area (TPSA) is 59.1 Å². The molecule has 1 amide bonds. The number of likely N-dealkylation sites (tertiary alicyclic amines) is 1. The molecule has 144 valence electrons. The van der Waals surface area contributed by atoms with E-state index in [9.17, 15) is 9.90 Å². The van der Waals surface area contributed by atoms with Crippen molar-refractivity contribution in [1.82, 2.24) is 15.1 Å². The smallest absolute Gasteiger partial charge is 0.236 e. The molecule has 2 aliphatic heterocycles. The summed E-state index contributed by atoms with van der Waals surface area (Å²) in [6.07, 6.45) is 2.31. The Morgan fingerprint density at radius 3 is 2.50 bits per heavy atom. The summed E-state index contributed by atoms with van der Waals surface area (Å²) in [5, 5.41) is 14.0. The van der Waals surface area contributed by atoms with Gasteiger partial charge in [0.05, 0.1) is 12.1 Å². The first-order valence-corrected chi connectivity index (χ1v) is 9.77. The molecule has 2 fully saturated rings. The van der Waals surface area contributed by atoms with Gasteiger partial charge in [-0.3, -0.25) is 9.69 Å². The summed E-state index contributed by atoms with van der Waals surface area (Å²) in [7, 11) is 1.79. The van der Waals surface area contributed by atoms with E-state index in [2.05, 4.69) is 39.4 Å². The van der Waals surface area contributed by atoms with Crippen molar-refractivity contribution in [3.63, 3.8) is 0 Å². The van der Waals surface area contributed by atoms with Gasteiger partial charge in [-0.1, -0.05) is 18.2 Å². The van der Waals surface area contributed by atoms with Gasteiger partial charge < -0.3 is 20.2 Å². The second-order valence-electron chi connectivity index (χ2n) is 7.59. The van der Waals surface area contributed by atoms with Crippen molar-refractivity contribution in [3.8, 4) is 0 Å². The van der Waals surface area contributed by atoms with Gasteiger partial charge >= 0.3 is 0 Å². The maximum atomic E-state index is 12.1. The number of anilines is 1. The van der Waals surface area contributed by atoms with Crippen molar-refractivity contribution in [2.24, 2.45) is 0 Å². The van der Waals surface area contributed by atoms with E-state index in [0.29, 0.717) is 26.1 Å². The standard InChI is InChI=1S/C20H32N4O2/c1-21-16-19(25)24-10-5-8-20(26,9-11-24)17-22-12-14-23(15-13-22)18-6-3-2-4-7-18/h2-4,6-7,21,26H,5,8-17H2,1H3. The summed E-state index contributed by atoms with van der Waals surface area (Å²) in [6, 6.07) is 10.5. The molecule has 6 heteroatoms.